The highest BCUT2D eigenvalue weighted by Gasteiger charge is 2.32. The molecule has 2 unspecified atom stereocenters. The lowest BCUT2D eigenvalue weighted by molar-refractivity contribution is -0.128. The number of amides is 2. The third-order valence-electron chi connectivity index (χ3n) is 3.37. The van der Waals surface area contributed by atoms with Gasteiger partial charge in [0, 0.05) is 26.6 Å². The van der Waals surface area contributed by atoms with Gasteiger partial charge < -0.3 is 15.3 Å². The zero-order valence-corrected chi connectivity index (χ0v) is 10.9. The van der Waals surface area contributed by atoms with Gasteiger partial charge in [-0.3, -0.25) is 9.59 Å². The molecule has 102 valence electrons. The predicted molar refractivity (Wildman–Crippen MR) is 70.2 cm³/mol. The highest BCUT2D eigenvalue weighted by atomic mass is 16.3. The predicted octanol–water partition coefficient (Wildman–Crippen LogP) is 0.314. The number of aliphatic hydroxyl groups is 1. The van der Waals surface area contributed by atoms with Gasteiger partial charge in [-0.05, 0) is 5.56 Å². The third-order valence-corrected chi connectivity index (χ3v) is 3.37. The van der Waals surface area contributed by atoms with Crippen molar-refractivity contribution in [3.05, 3.63) is 35.9 Å². The fraction of sp³-hybridized carbons (Fsp3) is 0.429. The van der Waals surface area contributed by atoms with Crippen LogP contribution in [0.25, 0.3) is 0 Å². The molecule has 19 heavy (non-hydrogen) atoms. The normalized spacial score (nSPS) is 20.4. The quantitative estimate of drug-likeness (QED) is 0.820. The zero-order chi connectivity index (χ0) is 13.8. The Labute approximate surface area is 112 Å². The summed E-state index contributed by atoms with van der Waals surface area (Å²) < 4.78 is 0. The standard InChI is InChI=1S/C14H18N2O3/c1-16-9-11(7-13(16)18)14(19)15-8-12(17)10-5-3-2-4-6-10/h2-6,11-12,17H,7-9H2,1H3,(H,15,19). The lowest BCUT2D eigenvalue weighted by atomic mass is 10.1. The first-order valence-corrected chi connectivity index (χ1v) is 6.32. The van der Waals surface area contributed by atoms with Crippen LogP contribution in [0.5, 0.6) is 0 Å². The molecule has 1 aromatic rings. The Morgan fingerprint density at radius 2 is 2.16 bits per heavy atom. The Kier molecular flexibility index (Phi) is 4.16. The number of aliphatic hydroxyl groups excluding tert-OH is 1. The van der Waals surface area contributed by atoms with Gasteiger partial charge in [-0.15, -0.1) is 0 Å². The Bertz CT molecular complexity index is 461. The van der Waals surface area contributed by atoms with Gasteiger partial charge in [-0.1, -0.05) is 30.3 Å². The second-order valence-corrected chi connectivity index (χ2v) is 4.85. The zero-order valence-electron chi connectivity index (χ0n) is 10.9. The molecule has 1 fully saturated rings. The molecule has 0 aliphatic carbocycles. The monoisotopic (exact) mass is 262 g/mol. The van der Waals surface area contributed by atoms with Crippen molar-refractivity contribution in [2.75, 3.05) is 20.1 Å². The molecular weight excluding hydrogens is 244 g/mol. The van der Waals surface area contributed by atoms with E-state index >= 15 is 0 Å². The molecular formula is C14H18N2O3. The summed E-state index contributed by atoms with van der Waals surface area (Å²) in [5.41, 5.74) is 0.766. The number of benzene rings is 1. The third kappa shape index (κ3) is 3.32. The largest absolute Gasteiger partial charge is 0.387 e. The average Bonchev–Trinajstić information content (AvgIpc) is 2.77. The first-order valence-electron chi connectivity index (χ1n) is 6.32. The van der Waals surface area contributed by atoms with Gasteiger partial charge in [-0.25, -0.2) is 0 Å². The number of carbonyl (C=O) groups is 2. The first kappa shape index (κ1) is 13.5. The SMILES string of the molecule is CN1CC(C(=O)NCC(O)c2ccccc2)CC1=O. The summed E-state index contributed by atoms with van der Waals surface area (Å²) in [7, 11) is 1.69. The molecule has 2 rings (SSSR count). The second-order valence-electron chi connectivity index (χ2n) is 4.85. The first-order chi connectivity index (χ1) is 9.08. The summed E-state index contributed by atoms with van der Waals surface area (Å²) >= 11 is 0. The number of nitrogens with zero attached hydrogens (tertiary/aromatic N) is 1. The van der Waals surface area contributed by atoms with Crippen LogP contribution in [0.15, 0.2) is 30.3 Å². The van der Waals surface area contributed by atoms with Gasteiger partial charge in [-0.2, -0.15) is 0 Å². The Morgan fingerprint density at radius 1 is 1.47 bits per heavy atom. The van der Waals surface area contributed by atoms with Crippen LogP contribution in [0.1, 0.15) is 18.1 Å². The van der Waals surface area contributed by atoms with E-state index in [2.05, 4.69) is 5.32 Å². The van der Waals surface area contributed by atoms with E-state index in [-0.39, 0.29) is 30.7 Å². The fourth-order valence-electron chi connectivity index (χ4n) is 2.17. The van der Waals surface area contributed by atoms with Crippen LogP contribution in [0.2, 0.25) is 0 Å². The Balaban J connectivity index is 1.83. The molecule has 1 aliphatic rings. The van der Waals surface area contributed by atoms with Crippen LogP contribution >= 0.6 is 0 Å². The highest BCUT2D eigenvalue weighted by molar-refractivity contribution is 5.89. The summed E-state index contributed by atoms with van der Waals surface area (Å²) in [6.45, 7) is 0.614. The summed E-state index contributed by atoms with van der Waals surface area (Å²) in [4.78, 5) is 24.8. The van der Waals surface area contributed by atoms with E-state index in [4.69, 9.17) is 0 Å². The van der Waals surface area contributed by atoms with Crippen LogP contribution in [-0.2, 0) is 9.59 Å². The molecule has 2 atom stereocenters. The minimum atomic E-state index is -0.722. The molecule has 0 spiro atoms. The van der Waals surface area contributed by atoms with E-state index in [1.165, 1.54) is 0 Å². The van der Waals surface area contributed by atoms with Crippen molar-refractivity contribution >= 4 is 11.8 Å². The molecule has 2 amide bonds. The molecule has 1 aromatic carbocycles. The van der Waals surface area contributed by atoms with Crippen molar-refractivity contribution in [3.8, 4) is 0 Å². The number of hydrogen-bond acceptors (Lipinski definition) is 3. The van der Waals surface area contributed by atoms with Crippen molar-refractivity contribution in [1.82, 2.24) is 10.2 Å². The number of rotatable bonds is 4. The molecule has 1 saturated heterocycles. The van der Waals surface area contributed by atoms with E-state index in [9.17, 15) is 14.7 Å². The average molecular weight is 262 g/mol. The van der Waals surface area contributed by atoms with Crippen molar-refractivity contribution < 1.29 is 14.7 Å². The maximum atomic E-state index is 11.9. The Hall–Kier alpha value is -1.88. The van der Waals surface area contributed by atoms with Crippen molar-refractivity contribution in [3.63, 3.8) is 0 Å². The van der Waals surface area contributed by atoms with Crippen LogP contribution in [0, 0.1) is 5.92 Å². The van der Waals surface area contributed by atoms with E-state index in [1.54, 1.807) is 11.9 Å². The number of hydrogen-bond donors (Lipinski definition) is 2. The van der Waals surface area contributed by atoms with Crippen molar-refractivity contribution in [2.45, 2.75) is 12.5 Å². The molecule has 2 N–H and O–H groups in total. The lowest BCUT2D eigenvalue weighted by Gasteiger charge is -2.14. The molecule has 0 saturated carbocycles. The molecule has 5 nitrogen and oxygen atoms in total. The van der Waals surface area contributed by atoms with Gasteiger partial charge in [0.15, 0.2) is 0 Å². The summed E-state index contributed by atoms with van der Waals surface area (Å²) in [6.07, 6.45) is -0.469. The minimum absolute atomic E-state index is 0.0104. The van der Waals surface area contributed by atoms with Gasteiger partial charge >= 0.3 is 0 Å². The Morgan fingerprint density at radius 3 is 2.74 bits per heavy atom. The van der Waals surface area contributed by atoms with Crippen LogP contribution < -0.4 is 5.32 Å². The second kappa shape index (κ2) is 5.84. The summed E-state index contributed by atoms with van der Waals surface area (Å²) in [5.74, 6) is -0.489. The summed E-state index contributed by atoms with van der Waals surface area (Å²) in [6, 6.07) is 9.16. The maximum absolute atomic E-state index is 11.9. The lowest BCUT2D eigenvalue weighted by Crippen LogP contribution is -2.34. The maximum Gasteiger partial charge on any atom is 0.225 e. The van der Waals surface area contributed by atoms with E-state index in [0.29, 0.717) is 6.54 Å². The van der Waals surface area contributed by atoms with Crippen LogP contribution in [-0.4, -0.2) is 42.0 Å². The molecule has 0 radical (unpaired) electrons. The summed E-state index contributed by atoms with van der Waals surface area (Å²) in [5, 5.41) is 12.6. The molecule has 0 bridgehead atoms. The smallest absolute Gasteiger partial charge is 0.225 e. The molecule has 5 heteroatoms. The van der Waals surface area contributed by atoms with Crippen molar-refractivity contribution in [1.29, 1.82) is 0 Å². The minimum Gasteiger partial charge on any atom is -0.387 e. The van der Waals surface area contributed by atoms with Gasteiger partial charge in [0.1, 0.15) is 0 Å². The molecule has 1 heterocycles. The van der Waals surface area contributed by atoms with Gasteiger partial charge in [0.05, 0.1) is 12.0 Å². The molecule has 1 aliphatic heterocycles. The van der Waals surface area contributed by atoms with Crippen molar-refractivity contribution in [2.24, 2.45) is 5.92 Å². The van der Waals surface area contributed by atoms with E-state index in [0.717, 1.165) is 5.56 Å². The fourth-order valence-corrected chi connectivity index (χ4v) is 2.17. The van der Waals surface area contributed by atoms with Gasteiger partial charge in [0.25, 0.3) is 0 Å². The number of carbonyl (C=O) groups excluding carboxylic acids is 2. The van der Waals surface area contributed by atoms with Crippen LogP contribution in [0.4, 0.5) is 0 Å². The molecule has 0 aromatic heterocycles. The highest BCUT2D eigenvalue weighted by Crippen LogP contribution is 2.16. The number of nitrogens with one attached hydrogen (secondary N) is 1. The topological polar surface area (TPSA) is 69.6 Å². The van der Waals surface area contributed by atoms with Crippen LogP contribution in [0.3, 0.4) is 0 Å². The van der Waals surface area contributed by atoms with E-state index < -0.39 is 6.10 Å². The number of likely N-dealkylation sites (tertiary alicyclic amines) is 1. The van der Waals surface area contributed by atoms with Gasteiger partial charge in [0.2, 0.25) is 11.8 Å². The van der Waals surface area contributed by atoms with E-state index in [1.807, 2.05) is 30.3 Å².